The highest BCUT2D eigenvalue weighted by Crippen LogP contribution is 2.52. The fourth-order valence-electron chi connectivity index (χ4n) is 5.02. The van der Waals surface area contributed by atoms with Crippen LogP contribution in [0.5, 0.6) is 0 Å². The van der Waals surface area contributed by atoms with Gasteiger partial charge in [-0.25, -0.2) is 9.18 Å². The highest BCUT2D eigenvalue weighted by atomic mass is 19.1. The monoisotopic (exact) mass is 418 g/mol. The van der Waals surface area contributed by atoms with E-state index in [1.807, 2.05) is 18.2 Å². The number of amides is 1. The number of nitrogens with zero attached hydrogens (tertiary/aromatic N) is 4. The lowest BCUT2D eigenvalue weighted by Gasteiger charge is -2.27. The Kier molecular flexibility index (Phi) is 3.66. The molecule has 1 saturated heterocycles. The Hall–Kier alpha value is -3.55. The number of likely N-dealkylation sites (tertiary alicyclic amines) is 1. The molecule has 0 bridgehead atoms. The summed E-state index contributed by atoms with van der Waals surface area (Å²) in [6.07, 6.45) is 4.75. The van der Waals surface area contributed by atoms with Gasteiger partial charge in [-0.15, -0.1) is 10.2 Å². The molecular weight excluding hydrogens is 399 g/mol. The van der Waals surface area contributed by atoms with Crippen LogP contribution in [-0.2, 0) is 20.5 Å². The predicted octanol–water partition coefficient (Wildman–Crippen LogP) is 2.74. The largest absolute Gasteiger partial charge is 0.449 e. The van der Waals surface area contributed by atoms with Crippen LogP contribution >= 0.6 is 0 Å². The molecular formula is C23H19FN4O3. The van der Waals surface area contributed by atoms with Crippen LogP contribution in [0.2, 0.25) is 0 Å². The zero-order chi connectivity index (χ0) is 21.2. The SMILES string of the molecule is O=C1OC2(CCN(C(=O)C3(c4ccc(-n5cnnc5)cc4F)CC3)C2)c2ccccc21. The molecule has 1 amide bonds. The number of aromatic nitrogens is 3. The van der Waals surface area contributed by atoms with Gasteiger partial charge in [0.2, 0.25) is 5.91 Å². The second kappa shape index (κ2) is 6.23. The highest BCUT2D eigenvalue weighted by Gasteiger charge is 2.58. The maximum absolute atomic E-state index is 15.1. The molecule has 1 aliphatic carbocycles. The molecule has 1 atom stereocenters. The zero-order valence-corrected chi connectivity index (χ0v) is 16.6. The Morgan fingerprint density at radius 3 is 2.55 bits per heavy atom. The summed E-state index contributed by atoms with van der Waals surface area (Å²) in [4.78, 5) is 27.6. The van der Waals surface area contributed by atoms with Gasteiger partial charge in [0, 0.05) is 24.1 Å². The quantitative estimate of drug-likeness (QED) is 0.612. The van der Waals surface area contributed by atoms with Gasteiger partial charge >= 0.3 is 5.97 Å². The fraction of sp³-hybridized carbons (Fsp3) is 0.304. The summed E-state index contributed by atoms with van der Waals surface area (Å²) < 4.78 is 22.4. The van der Waals surface area contributed by atoms with Gasteiger partial charge in [-0.1, -0.05) is 24.3 Å². The van der Waals surface area contributed by atoms with E-state index in [2.05, 4.69) is 10.2 Å². The first-order valence-corrected chi connectivity index (χ1v) is 10.3. The van der Waals surface area contributed by atoms with Crippen LogP contribution in [0.3, 0.4) is 0 Å². The van der Waals surface area contributed by atoms with Gasteiger partial charge in [0.05, 0.1) is 23.2 Å². The first-order chi connectivity index (χ1) is 15.0. The Labute approximate surface area is 177 Å². The lowest BCUT2D eigenvalue weighted by Crippen LogP contribution is -2.40. The van der Waals surface area contributed by atoms with E-state index in [9.17, 15) is 9.59 Å². The third-order valence-corrected chi connectivity index (χ3v) is 6.79. The molecule has 3 heterocycles. The predicted molar refractivity (Wildman–Crippen MR) is 107 cm³/mol. The van der Waals surface area contributed by atoms with E-state index in [1.54, 1.807) is 27.7 Å². The van der Waals surface area contributed by atoms with Crippen LogP contribution < -0.4 is 0 Å². The molecule has 6 rings (SSSR count). The average Bonchev–Trinajstić information content (AvgIpc) is 3.13. The Morgan fingerprint density at radius 1 is 1.03 bits per heavy atom. The first kappa shape index (κ1) is 18.2. The molecule has 2 aliphatic heterocycles. The average molecular weight is 418 g/mol. The molecule has 8 heteroatoms. The van der Waals surface area contributed by atoms with Crippen molar-refractivity contribution in [1.29, 1.82) is 0 Å². The normalized spacial score (nSPS) is 23.1. The number of carbonyl (C=O) groups is 2. The van der Waals surface area contributed by atoms with E-state index in [-0.39, 0.29) is 11.9 Å². The van der Waals surface area contributed by atoms with E-state index < -0.39 is 16.8 Å². The van der Waals surface area contributed by atoms with E-state index in [0.717, 1.165) is 5.56 Å². The molecule has 2 aromatic carbocycles. The van der Waals surface area contributed by atoms with Crippen molar-refractivity contribution in [2.75, 3.05) is 13.1 Å². The van der Waals surface area contributed by atoms with Crippen molar-refractivity contribution in [2.24, 2.45) is 0 Å². The van der Waals surface area contributed by atoms with Gasteiger partial charge in [0.15, 0.2) is 5.60 Å². The van der Waals surface area contributed by atoms with Crippen molar-refractivity contribution < 1.29 is 18.7 Å². The molecule has 1 aromatic heterocycles. The molecule has 0 radical (unpaired) electrons. The van der Waals surface area contributed by atoms with E-state index in [4.69, 9.17) is 4.74 Å². The second-order valence-corrected chi connectivity index (χ2v) is 8.52. The molecule has 1 spiro atoms. The summed E-state index contributed by atoms with van der Waals surface area (Å²) in [5.41, 5.74) is 0.779. The molecule has 2 fully saturated rings. The standard InChI is InChI=1S/C23H19FN4O3/c24-19-11-15(28-13-25-26-14-28)5-6-18(19)22(7-8-22)21(30)27-10-9-23(12-27)17-4-2-1-3-16(17)20(29)31-23/h1-6,11,13-14H,7-10,12H2. The maximum atomic E-state index is 15.1. The van der Waals surface area contributed by atoms with Crippen molar-refractivity contribution in [3.05, 3.63) is 77.6 Å². The Bertz CT molecular complexity index is 1220. The van der Waals surface area contributed by atoms with Crippen molar-refractivity contribution in [1.82, 2.24) is 19.7 Å². The number of hydrogen-bond acceptors (Lipinski definition) is 5. The molecule has 3 aliphatic rings. The van der Waals surface area contributed by atoms with Crippen molar-refractivity contribution >= 4 is 11.9 Å². The number of ether oxygens (including phenoxy) is 1. The molecule has 1 unspecified atom stereocenters. The van der Waals surface area contributed by atoms with Gasteiger partial charge in [-0.05, 0) is 31.0 Å². The summed E-state index contributed by atoms with van der Waals surface area (Å²) in [5, 5.41) is 7.48. The van der Waals surface area contributed by atoms with Crippen LogP contribution in [0, 0.1) is 5.82 Å². The van der Waals surface area contributed by atoms with Gasteiger partial charge < -0.3 is 9.64 Å². The summed E-state index contributed by atoms with van der Waals surface area (Å²) >= 11 is 0. The van der Waals surface area contributed by atoms with E-state index in [0.29, 0.717) is 49.2 Å². The molecule has 0 N–H and O–H groups in total. The third-order valence-electron chi connectivity index (χ3n) is 6.79. The minimum atomic E-state index is -0.844. The number of halogens is 1. The molecule has 156 valence electrons. The fourth-order valence-corrected chi connectivity index (χ4v) is 5.02. The third kappa shape index (κ3) is 2.57. The van der Waals surface area contributed by atoms with Crippen LogP contribution in [0.15, 0.2) is 55.1 Å². The van der Waals surface area contributed by atoms with Gasteiger partial charge in [0.25, 0.3) is 0 Å². The van der Waals surface area contributed by atoms with Crippen molar-refractivity contribution in [3.63, 3.8) is 0 Å². The molecule has 1 saturated carbocycles. The van der Waals surface area contributed by atoms with Crippen LogP contribution in [0.1, 0.15) is 40.7 Å². The zero-order valence-electron chi connectivity index (χ0n) is 16.6. The number of carbonyl (C=O) groups excluding carboxylic acids is 2. The van der Waals surface area contributed by atoms with Crippen LogP contribution in [0.4, 0.5) is 4.39 Å². The summed E-state index contributed by atoms with van der Waals surface area (Å²) in [7, 11) is 0. The summed E-state index contributed by atoms with van der Waals surface area (Å²) in [5.74, 6) is -0.856. The van der Waals surface area contributed by atoms with E-state index in [1.165, 1.54) is 18.7 Å². The lowest BCUT2D eigenvalue weighted by molar-refractivity contribution is -0.134. The van der Waals surface area contributed by atoms with Crippen LogP contribution in [-0.4, -0.2) is 44.6 Å². The summed E-state index contributed by atoms with van der Waals surface area (Å²) in [6, 6.07) is 12.2. The summed E-state index contributed by atoms with van der Waals surface area (Å²) in [6.45, 7) is 0.777. The second-order valence-electron chi connectivity index (χ2n) is 8.52. The number of rotatable bonds is 3. The van der Waals surface area contributed by atoms with Crippen molar-refractivity contribution in [3.8, 4) is 5.69 Å². The van der Waals surface area contributed by atoms with Crippen LogP contribution in [0.25, 0.3) is 5.69 Å². The highest BCUT2D eigenvalue weighted by molar-refractivity contribution is 5.96. The number of hydrogen-bond donors (Lipinski definition) is 0. The molecule has 31 heavy (non-hydrogen) atoms. The number of fused-ring (bicyclic) bond motifs is 2. The van der Waals surface area contributed by atoms with E-state index >= 15 is 4.39 Å². The number of esters is 1. The molecule has 7 nitrogen and oxygen atoms in total. The molecule has 3 aromatic rings. The maximum Gasteiger partial charge on any atom is 0.339 e. The smallest absolute Gasteiger partial charge is 0.339 e. The minimum absolute atomic E-state index is 0.0965. The lowest BCUT2D eigenvalue weighted by atomic mass is 9.91. The first-order valence-electron chi connectivity index (χ1n) is 10.3. The number of benzene rings is 2. The van der Waals surface area contributed by atoms with Crippen molar-refractivity contribution in [2.45, 2.75) is 30.3 Å². The van der Waals surface area contributed by atoms with Gasteiger partial charge in [-0.3, -0.25) is 9.36 Å². The minimum Gasteiger partial charge on any atom is -0.449 e. The van der Waals surface area contributed by atoms with Gasteiger partial charge in [0.1, 0.15) is 18.5 Å². The Morgan fingerprint density at radius 2 is 1.81 bits per heavy atom. The Balaban J connectivity index is 1.28. The van der Waals surface area contributed by atoms with Gasteiger partial charge in [-0.2, -0.15) is 0 Å². The topological polar surface area (TPSA) is 77.3 Å².